The van der Waals surface area contributed by atoms with E-state index in [0.29, 0.717) is 0 Å². The molecule has 1 aliphatic heterocycles. The van der Waals surface area contributed by atoms with E-state index in [1.165, 1.54) is 5.56 Å². The van der Waals surface area contributed by atoms with Gasteiger partial charge in [0.05, 0.1) is 12.7 Å². The fraction of sp³-hybridized carbons (Fsp3) is 0.571. The van der Waals surface area contributed by atoms with Crippen LogP contribution in [0.15, 0.2) is 18.2 Å². The lowest BCUT2D eigenvalue weighted by Crippen LogP contribution is -2.01. The SMILES string of the molecule is CCOCCCC(O)c1ccc2c(c1)CCO2. The minimum atomic E-state index is -0.388. The summed E-state index contributed by atoms with van der Waals surface area (Å²) in [5.74, 6) is 0.968. The molecular weight excluding hydrogens is 216 g/mol. The Labute approximate surface area is 102 Å². The second-order valence-corrected chi connectivity index (χ2v) is 4.32. The van der Waals surface area contributed by atoms with Gasteiger partial charge in [-0.1, -0.05) is 6.07 Å². The van der Waals surface area contributed by atoms with E-state index in [2.05, 4.69) is 6.07 Å². The first kappa shape index (κ1) is 12.4. The van der Waals surface area contributed by atoms with E-state index in [4.69, 9.17) is 9.47 Å². The third-order valence-corrected chi connectivity index (χ3v) is 3.07. The first-order chi connectivity index (χ1) is 8.31. The molecule has 1 aliphatic rings. The Morgan fingerprint density at radius 1 is 1.47 bits per heavy atom. The van der Waals surface area contributed by atoms with Crippen molar-refractivity contribution in [1.29, 1.82) is 0 Å². The maximum absolute atomic E-state index is 10.1. The molecule has 0 saturated carbocycles. The molecule has 1 N–H and O–H groups in total. The van der Waals surface area contributed by atoms with Gasteiger partial charge in [-0.3, -0.25) is 0 Å². The minimum Gasteiger partial charge on any atom is -0.493 e. The molecule has 0 amide bonds. The molecule has 0 aliphatic carbocycles. The number of rotatable bonds is 6. The Balaban J connectivity index is 1.88. The molecule has 94 valence electrons. The molecule has 3 heteroatoms. The average Bonchev–Trinajstić information content (AvgIpc) is 2.81. The lowest BCUT2D eigenvalue weighted by Gasteiger charge is -2.12. The molecule has 1 unspecified atom stereocenters. The van der Waals surface area contributed by atoms with Crippen molar-refractivity contribution in [2.45, 2.75) is 32.3 Å². The number of fused-ring (bicyclic) bond motifs is 1. The molecule has 2 rings (SSSR count). The Morgan fingerprint density at radius 3 is 3.18 bits per heavy atom. The van der Waals surface area contributed by atoms with Crippen LogP contribution in [0.5, 0.6) is 5.75 Å². The summed E-state index contributed by atoms with van der Waals surface area (Å²) in [5, 5.41) is 10.1. The summed E-state index contributed by atoms with van der Waals surface area (Å²) in [6.07, 6.45) is 2.21. The number of hydrogen-bond donors (Lipinski definition) is 1. The second-order valence-electron chi connectivity index (χ2n) is 4.32. The van der Waals surface area contributed by atoms with Gasteiger partial charge in [0.25, 0.3) is 0 Å². The van der Waals surface area contributed by atoms with Crippen molar-refractivity contribution in [2.75, 3.05) is 19.8 Å². The van der Waals surface area contributed by atoms with Gasteiger partial charge in [-0.2, -0.15) is 0 Å². The van der Waals surface area contributed by atoms with Gasteiger partial charge >= 0.3 is 0 Å². The Hall–Kier alpha value is -1.06. The molecule has 1 aromatic carbocycles. The second kappa shape index (κ2) is 6.03. The van der Waals surface area contributed by atoms with Gasteiger partial charge in [-0.15, -0.1) is 0 Å². The van der Waals surface area contributed by atoms with Gasteiger partial charge in [-0.25, -0.2) is 0 Å². The smallest absolute Gasteiger partial charge is 0.122 e. The molecular formula is C14H20O3. The summed E-state index contributed by atoms with van der Waals surface area (Å²) in [6.45, 7) is 4.21. The zero-order chi connectivity index (χ0) is 12.1. The van der Waals surface area contributed by atoms with E-state index in [9.17, 15) is 5.11 Å². The van der Waals surface area contributed by atoms with Crippen molar-refractivity contribution >= 4 is 0 Å². The maximum Gasteiger partial charge on any atom is 0.122 e. The first-order valence-corrected chi connectivity index (χ1v) is 6.32. The van der Waals surface area contributed by atoms with Crippen LogP contribution in [0, 0.1) is 0 Å². The van der Waals surface area contributed by atoms with Crippen LogP contribution in [0.1, 0.15) is 37.0 Å². The Bertz CT molecular complexity index is 362. The van der Waals surface area contributed by atoms with Crippen molar-refractivity contribution in [3.8, 4) is 5.75 Å². The largest absolute Gasteiger partial charge is 0.493 e. The van der Waals surface area contributed by atoms with E-state index in [1.807, 2.05) is 19.1 Å². The topological polar surface area (TPSA) is 38.7 Å². The molecule has 1 aromatic rings. The van der Waals surface area contributed by atoms with Crippen LogP contribution in [-0.4, -0.2) is 24.9 Å². The quantitative estimate of drug-likeness (QED) is 0.771. The Kier molecular flexibility index (Phi) is 4.40. The summed E-state index contributed by atoms with van der Waals surface area (Å²) < 4.78 is 10.7. The molecule has 0 bridgehead atoms. The molecule has 0 aromatic heterocycles. The summed E-state index contributed by atoms with van der Waals surface area (Å²) in [4.78, 5) is 0. The lowest BCUT2D eigenvalue weighted by molar-refractivity contribution is 0.114. The van der Waals surface area contributed by atoms with Crippen LogP contribution in [0.4, 0.5) is 0 Å². The standard InChI is InChI=1S/C14H20O3/c1-2-16-8-3-4-13(15)11-5-6-14-12(10-11)7-9-17-14/h5-6,10,13,15H,2-4,7-9H2,1H3. The fourth-order valence-corrected chi connectivity index (χ4v) is 2.10. The highest BCUT2D eigenvalue weighted by atomic mass is 16.5. The third kappa shape index (κ3) is 3.20. The molecule has 0 fully saturated rings. The van der Waals surface area contributed by atoms with Crippen LogP contribution in [0.3, 0.4) is 0 Å². The van der Waals surface area contributed by atoms with Gasteiger partial charge in [0.2, 0.25) is 0 Å². The van der Waals surface area contributed by atoms with E-state index in [1.54, 1.807) is 0 Å². The predicted molar refractivity (Wildman–Crippen MR) is 66.3 cm³/mol. The van der Waals surface area contributed by atoms with Crippen molar-refractivity contribution in [3.05, 3.63) is 29.3 Å². The number of aliphatic hydroxyl groups excluding tert-OH is 1. The van der Waals surface area contributed by atoms with Crippen LogP contribution >= 0.6 is 0 Å². The summed E-state index contributed by atoms with van der Waals surface area (Å²) in [7, 11) is 0. The highest BCUT2D eigenvalue weighted by Crippen LogP contribution is 2.29. The van der Waals surface area contributed by atoms with Crippen molar-refractivity contribution in [3.63, 3.8) is 0 Å². The highest BCUT2D eigenvalue weighted by molar-refractivity contribution is 5.40. The number of hydrogen-bond acceptors (Lipinski definition) is 3. The molecule has 17 heavy (non-hydrogen) atoms. The van der Waals surface area contributed by atoms with Gasteiger partial charge in [0, 0.05) is 19.6 Å². The predicted octanol–water partition coefficient (Wildman–Crippen LogP) is 2.47. The summed E-state index contributed by atoms with van der Waals surface area (Å²) >= 11 is 0. The molecule has 0 spiro atoms. The van der Waals surface area contributed by atoms with Gasteiger partial charge in [-0.05, 0) is 43.0 Å². The van der Waals surface area contributed by atoms with E-state index < -0.39 is 0 Å². The molecule has 3 nitrogen and oxygen atoms in total. The number of aliphatic hydroxyl groups is 1. The monoisotopic (exact) mass is 236 g/mol. The van der Waals surface area contributed by atoms with E-state index in [0.717, 1.165) is 50.4 Å². The van der Waals surface area contributed by atoms with Crippen molar-refractivity contribution < 1.29 is 14.6 Å². The zero-order valence-electron chi connectivity index (χ0n) is 10.3. The van der Waals surface area contributed by atoms with Gasteiger partial charge in [0.1, 0.15) is 5.75 Å². The van der Waals surface area contributed by atoms with Crippen LogP contribution in [-0.2, 0) is 11.2 Å². The molecule has 0 saturated heterocycles. The van der Waals surface area contributed by atoms with E-state index in [-0.39, 0.29) is 6.10 Å². The van der Waals surface area contributed by atoms with Crippen molar-refractivity contribution in [2.24, 2.45) is 0 Å². The maximum atomic E-state index is 10.1. The fourth-order valence-electron chi connectivity index (χ4n) is 2.10. The van der Waals surface area contributed by atoms with Gasteiger partial charge < -0.3 is 14.6 Å². The number of benzene rings is 1. The minimum absolute atomic E-state index is 0.388. The molecule has 1 heterocycles. The van der Waals surface area contributed by atoms with Gasteiger partial charge in [0.15, 0.2) is 0 Å². The zero-order valence-corrected chi connectivity index (χ0v) is 10.3. The van der Waals surface area contributed by atoms with Crippen LogP contribution in [0.25, 0.3) is 0 Å². The molecule has 1 atom stereocenters. The normalized spacial score (nSPS) is 15.4. The Morgan fingerprint density at radius 2 is 2.35 bits per heavy atom. The average molecular weight is 236 g/mol. The lowest BCUT2D eigenvalue weighted by atomic mass is 10.0. The van der Waals surface area contributed by atoms with Crippen LogP contribution in [0.2, 0.25) is 0 Å². The first-order valence-electron chi connectivity index (χ1n) is 6.32. The molecule has 0 radical (unpaired) electrons. The van der Waals surface area contributed by atoms with Crippen LogP contribution < -0.4 is 4.74 Å². The third-order valence-electron chi connectivity index (χ3n) is 3.07. The summed E-state index contributed by atoms with van der Waals surface area (Å²) in [6, 6.07) is 5.98. The summed E-state index contributed by atoms with van der Waals surface area (Å²) in [5.41, 5.74) is 2.21. The highest BCUT2D eigenvalue weighted by Gasteiger charge is 2.15. The van der Waals surface area contributed by atoms with Crippen molar-refractivity contribution in [1.82, 2.24) is 0 Å². The number of ether oxygens (including phenoxy) is 2. The van der Waals surface area contributed by atoms with E-state index >= 15 is 0 Å².